The minimum Gasteiger partial charge on any atom is -0.388 e. The largest absolute Gasteiger partial charge is 0.574 e. The number of aromatic nitrogens is 1. The standard InChI is InChI=1S/C7H5BrF3NO/c1-4-2-5(8)3-12-6(4)13-7(9,10)11/h2-3H,1H3. The van der Waals surface area contributed by atoms with E-state index in [1.807, 2.05) is 0 Å². The molecule has 0 amide bonds. The third kappa shape index (κ3) is 3.22. The number of aryl methyl sites for hydroxylation is 1. The molecule has 13 heavy (non-hydrogen) atoms. The van der Waals surface area contributed by atoms with Gasteiger partial charge in [0.1, 0.15) is 0 Å². The van der Waals surface area contributed by atoms with Crippen LogP contribution in [0.1, 0.15) is 5.56 Å². The Kier molecular flexibility index (Phi) is 2.80. The zero-order valence-electron chi connectivity index (χ0n) is 6.52. The van der Waals surface area contributed by atoms with Crippen molar-refractivity contribution in [2.75, 3.05) is 0 Å². The molecular formula is C7H5BrF3NO. The molecule has 0 saturated carbocycles. The van der Waals surface area contributed by atoms with Crippen LogP contribution in [-0.4, -0.2) is 11.3 Å². The number of ether oxygens (including phenoxy) is 1. The Morgan fingerprint density at radius 3 is 2.54 bits per heavy atom. The van der Waals surface area contributed by atoms with Gasteiger partial charge in [0.15, 0.2) is 0 Å². The zero-order valence-corrected chi connectivity index (χ0v) is 8.11. The van der Waals surface area contributed by atoms with Gasteiger partial charge in [-0.1, -0.05) is 0 Å². The molecule has 6 heteroatoms. The lowest BCUT2D eigenvalue weighted by atomic mass is 10.3. The topological polar surface area (TPSA) is 22.1 Å². The average molecular weight is 256 g/mol. The summed E-state index contributed by atoms with van der Waals surface area (Å²) in [5.41, 5.74) is 0.326. The Morgan fingerprint density at radius 2 is 2.08 bits per heavy atom. The van der Waals surface area contributed by atoms with Crippen molar-refractivity contribution in [3.05, 3.63) is 22.3 Å². The molecular weight excluding hydrogens is 251 g/mol. The Bertz CT molecular complexity index is 313. The van der Waals surface area contributed by atoms with Crippen molar-refractivity contribution >= 4 is 15.9 Å². The highest BCUT2D eigenvalue weighted by Gasteiger charge is 2.32. The molecule has 1 aromatic rings. The van der Waals surface area contributed by atoms with Crippen LogP contribution in [0.5, 0.6) is 5.88 Å². The van der Waals surface area contributed by atoms with Crippen LogP contribution in [0.2, 0.25) is 0 Å². The van der Waals surface area contributed by atoms with Gasteiger partial charge in [-0.3, -0.25) is 0 Å². The fourth-order valence-corrected chi connectivity index (χ4v) is 1.19. The average Bonchev–Trinajstić information content (AvgIpc) is 1.93. The second kappa shape index (κ2) is 3.53. The first-order chi connectivity index (χ1) is 5.88. The van der Waals surface area contributed by atoms with Gasteiger partial charge in [0, 0.05) is 16.2 Å². The quantitative estimate of drug-likeness (QED) is 0.770. The summed E-state index contributed by atoms with van der Waals surface area (Å²) in [4.78, 5) is 3.47. The fourth-order valence-electron chi connectivity index (χ4n) is 0.744. The first-order valence-corrected chi connectivity index (χ1v) is 4.06. The third-order valence-corrected chi connectivity index (χ3v) is 1.64. The van der Waals surface area contributed by atoms with E-state index in [-0.39, 0.29) is 0 Å². The summed E-state index contributed by atoms with van der Waals surface area (Å²) in [6.45, 7) is 1.48. The molecule has 0 saturated heterocycles. The number of rotatable bonds is 1. The van der Waals surface area contributed by atoms with Crippen molar-refractivity contribution in [2.45, 2.75) is 13.3 Å². The number of hydrogen-bond donors (Lipinski definition) is 0. The molecule has 0 fully saturated rings. The lowest BCUT2D eigenvalue weighted by Crippen LogP contribution is -2.18. The number of halogens is 4. The molecule has 0 atom stereocenters. The van der Waals surface area contributed by atoms with E-state index in [0.717, 1.165) is 0 Å². The van der Waals surface area contributed by atoms with Crippen LogP contribution in [0.15, 0.2) is 16.7 Å². The van der Waals surface area contributed by atoms with Crippen molar-refractivity contribution < 1.29 is 17.9 Å². The number of nitrogens with zero attached hydrogens (tertiary/aromatic N) is 1. The van der Waals surface area contributed by atoms with Crippen molar-refractivity contribution in [3.8, 4) is 5.88 Å². The van der Waals surface area contributed by atoms with Crippen molar-refractivity contribution in [2.24, 2.45) is 0 Å². The highest BCUT2D eigenvalue weighted by Crippen LogP contribution is 2.25. The summed E-state index contributed by atoms with van der Waals surface area (Å²) in [5, 5.41) is 0. The van der Waals surface area contributed by atoms with Gasteiger partial charge in [0.25, 0.3) is 0 Å². The van der Waals surface area contributed by atoms with E-state index in [0.29, 0.717) is 10.0 Å². The smallest absolute Gasteiger partial charge is 0.388 e. The first-order valence-electron chi connectivity index (χ1n) is 3.26. The number of pyridine rings is 1. The fraction of sp³-hybridized carbons (Fsp3) is 0.286. The van der Waals surface area contributed by atoms with Gasteiger partial charge >= 0.3 is 6.36 Å². The van der Waals surface area contributed by atoms with Crippen LogP contribution in [0.4, 0.5) is 13.2 Å². The SMILES string of the molecule is Cc1cc(Br)cnc1OC(F)(F)F. The van der Waals surface area contributed by atoms with Gasteiger partial charge in [-0.25, -0.2) is 4.98 Å². The summed E-state index contributed by atoms with van der Waals surface area (Å²) in [7, 11) is 0. The molecule has 0 aliphatic rings. The zero-order chi connectivity index (χ0) is 10.1. The maximum Gasteiger partial charge on any atom is 0.574 e. The van der Waals surface area contributed by atoms with Crippen molar-refractivity contribution in [3.63, 3.8) is 0 Å². The normalized spacial score (nSPS) is 11.5. The van der Waals surface area contributed by atoms with Crippen LogP contribution in [0.3, 0.4) is 0 Å². The summed E-state index contributed by atoms with van der Waals surface area (Å²) in [6.07, 6.45) is -3.44. The minimum atomic E-state index is -4.69. The molecule has 0 aromatic carbocycles. The first kappa shape index (κ1) is 10.3. The van der Waals surface area contributed by atoms with Crippen LogP contribution >= 0.6 is 15.9 Å². The predicted molar refractivity (Wildman–Crippen MR) is 43.4 cm³/mol. The van der Waals surface area contributed by atoms with E-state index in [2.05, 4.69) is 25.7 Å². The number of alkyl halides is 3. The second-order valence-corrected chi connectivity index (χ2v) is 3.24. The molecule has 1 heterocycles. The van der Waals surface area contributed by atoms with Crippen molar-refractivity contribution in [1.29, 1.82) is 0 Å². The third-order valence-electron chi connectivity index (χ3n) is 1.21. The molecule has 72 valence electrons. The van der Waals surface area contributed by atoms with Crippen LogP contribution in [-0.2, 0) is 0 Å². The monoisotopic (exact) mass is 255 g/mol. The highest BCUT2D eigenvalue weighted by atomic mass is 79.9. The molecule has 0 bridgehead atoms. The summed E-state index contributed by atoms with van der Waals surface area (Å²) in [6, 6.07) is 1.49. The van der Waals surface area contributed by atoms with Gasteiger partial charge in [0.2, 0.25) is 5.88 Å². The molecule has 0 radical (unpaired) electrons. The molecule has 0 N–H and O–H groups in total. The van der Waals surface area contributed by atoms with E-state index in [1.54, 1.807) is 0 Å². The van der Waals surface area contributed by atoms with Gasteiger partial charge in [-0.15, -0.1) is 13.2 Å². The molecule has 1 aromatic heterocycles. The molecule has 0 spiro atoms. The minimum absolute atomic E-state index is 0.326. The Labute approximate surface area is 80.9 Å². The summed E-state index contributed by atoms with van der Waals surface area (Å²) >= 11 is 3.08. The predicted octanol–water partition coefficient (Wildman–Crippen LogP) is 3.05. The Balaban J connectivity index is 2.90. The van der Waals surface area contributed by atoms with Gasteiger partial charge in [0.05, 0.1) is 0 Å². The lowest BCUT2D eigenvalue weighted by Gasteiger charge is -2.09. The maximum absolute atomic E-state index is 11.7. The molecule has 1 rings (SSSR count). The van der Waals surface area contributed by atoms with E-state index < -0.39 is 12.2 Å². The molecule has 0 aliphatic carbocycles. The van der Waals surface area contributed by atoms with E-state index in [9.17, 15) is 13.2 Å². The van der Waals surface area contributed by atoms with Crippen LogP contribution < -0.4 is 4.74 Å². The van der Waals surface area contributed by atoms with Crippen LogP contribution in [0, 0.1) is 6.92 Å². The van der Waals surface area contributed by atoms with E-state index >= 15 is 0 Å². The van der Waals surface area contributed by atoms with Crippen molar-refractivity contribution in [1.82, 2.24) is 4.98 Å². The second-order valence-electron chi connectivity index (χ2n) is 2.32. The molecule has 2 nitrogen and oxygen atoms in total. The Morgan fingerprint density at radius 1 is 1.46 bits per heavy atom. The van der Waals surface area contributed by atoms with Gasteiger partial charge < -0.3 is 4.74 Å². The van der Waals surface area contributed by atoms with Gasteiger partial charge in [-0.05, 0) is 28.9 Å². The maximum atomic E-state index is 11.7. The van der Waals surface area contributed by atoms with E-state index in [1.165, 1.54) is 19.2 Å². The lowest BCUT2D eigenvalue weighted by molar-refractivity contribution is -0.276. The molecule has 0 aliphatic heterocycles. The highest BCUT2D eigenvalue weighted by molar-refractivity contribution is 9.10. The van der Waals surface area contributed by atoms with E-state index in [4.69, 9.17) is 0 Å². The van der Waals surface area contributed by atoms with Gasteiger partial charge in [-0.2, -0.15) is 0 Å². The molecule has 0 unspecified atom stereocenters. The Hall–Kier alpha value is -0.780. The van der Waals surface area contributed by atoms with Crippen LogP contribution in [0.25, 0.3) is 0 Å². The number of hydrogen-bond acceptors (Lipinski definition) is 2. The summed E-state index contributed by atoms with van der Waals surface area (Å²) in [5.74, 6) is -0.421. The summed E-state index contributed by atoms with van der Waals surface area (Å²) < 4.78 is 39.5.